The molecular weight excluding hydrogens is 350 g/mol. The van der Waals surface area contributed by atoms with Crippen molar-refractivity contribution in [2.75, 3.05) is 5.32 Å². The first-order chi connectivity index (χ1) is 13.7. The summed E-state index contributed by atoms with van der Waals surface area (Å²) >= 11 is 0. The Balaban J connectivity index is 1.59. The van der Waals surface area contributed by atoms with E-state index in [4.69, 9.17) is 0 Å². The molecular formula is C22H19N5O. The highest BCUT2D eigenvalue weighted by atomic mass is 16.1. The van der Waals surface area contributed by atoms with Gasteiger partial charge in [-0.05, 0) is 45.8 Å². The van der Waals surface area contributed by atoms with Gasteiger partial charge >= 0.3 is 0 Å². The lowest BCUT2D eigenvalue weighted by Crippen LogP contribution is -2.22. The van der Waals surface area contributed by atoms with Gasteiger partial charge in [0.2, 0.25) is 5.91 Å². The van der Waals surface area contributed by atoms with Gasteiger partial charge in [-0.3, -0.25) is 4.79 Å². The summed E-state index contributed by atoms with van der Waals surface area (Å²) in [6, 6.07) is 27.1. The summed E-state index contributed by atoms with van der Waals surface area (Å²) in [5.74, 6) is 0.208. The first-order valence-corrected chi connectivity index (χ1v) is 8.96. The van der Waals surface area contributed by atoms with Crippen molar-refractivity contribution in [2.24, 2.45) is 7.05 Å². The number of tetrazole rings is 1. The molecule has 0 fully saturated rings. The number of amides is 1. The van der Waals surface area contributed by atoms with Gasteiger partial charge in [-0.15, -0.1) is 5.10 Å². The van der Waals surface area contributed by atoms with Gasteiger partial charge in [0, 0.05) is 18.3 Å². The maximum Gasteiger partial charge on any atom is 0.236 e. The van der Waals surface area contributed by atoms with Crippen LogP contribution < -0.4 is 5.32 Å². The predicted octanol–water partition coefficient (Wildman–Crippen LogP) is 3.65. The zero-order chi connectivity index (χ0) is 19.3. The summed E-state index contributed by atoms with van der Waals surface area (Å²) in [5, 5.41) is 14.5. The van der Waals surface area contributed by atoms with Crippen LogP contribution in [-0.4, -0.2) is 26.1 Å². The molecule has 0 saturated heterocycles. The molecule has 0 aliphatic rings. The number of hydrogen-bond acceptors (Lipinski definition) is 4. The molecule has 1 N–H and O–H groups in total. The number of rotatable bonds is 5. The third kappa shape index (κ3) is 3.66. The summed E-state index contributed by atoms with van der Waals surface area (Å²) in [6.45, 7) is 0. The van der Waals surface area contributed by atoms with Crippen LogP contribution in [0.1, 0.15) is 17.0 Å². The van der Waals surface area contributed by atoms with Crippen LogP contribution in [0.3, 0.4) is 0 Å². The highest BCUT2D eigenvalue weighted by molar-refractivity contribution is 5.98. The normalized spacial score (nSPS) is 10.8. The fraction of sp³-hybridized carbons (Fsp3) is 0.0909. The van der Waals surface area contributed by atoms with Crippen molar-refractivity contribution in [3.63, 3.8) is 0 Å². The van der Waals surface area contributed by atoms with Crippen LogP contribution in [0.2, 0.25) is 0 Å². The number of nitrogens with zero attached hydrogens (tertiary/aromatic N) is 4. The predicted molar refractivity (Wildman–Crippen MR) is 108 cm³/mol. The summed E-state index contributed by atoms with van der Waals surface area (Å²) < 4.78 is 1.61. The topological polar surface area (TPSA) is 72.7 Å². The minimum atomic E-state index is -0.384. The number of anilines is 1. The van der Waals surface area contributed by atoms with Crippen LogP contribution in [0, 0.1) is 0 Å². The highest BCUT2D eigenvalue weighted by Crippen LogP contribution is 2.27. The van der Waals surface area contributed by atoms with Crippen LogP contribution in [0.5, 0.6) is 0 Å². The molecule has 6 heteroatoms. The van der Waals surface area contributed by atoms with E-state index in [1.807, 2.05) is 84.9 Å². The minimum Gasteiger partial charge on any atom is -0.325 e. The summed E-state index contributed by atoms with van der Waals surface area (Å²) in [6.07, 6.45) is 0. The van der Waals surface area contributed by atoms with Crippen molar-refractivity contribution in [1.29, 1.82) is 0 Å². The van der Waals surface area contributed by atoms with Crippen molar-refractivity contribution in [2.45, 2.75) is 5.92 Å². The highest BCUT2D eigenvalue weighted by Gasteiger charge is 2.22. The first kappa shape index (κ1) is 17.6. The van der Waals surface area contributed by atoms with Crippen molar-refractivity contribution in [3.8, 4) is 11.4 Å². The van der Waals surface area contributed by atoms with E-state index in [2.05, 4.69) is 20.8 Å². The van der Waals surface area contributed by atoms with Crippen molar-refractivity contribution in [3.05, 3.63) is 96.1 Å². The second kappa shape index (κ2) is 7.84. The SMILES string of the molecule is Cn1nnnc1-c1ccc(NC(=O)C(c2ccccc2)c2ccccc2)cc1. The van der Waals surface area contributed by atoms with Crippen molar-refractivity contribution >= 4 is 11.6 Å². The van der Waals surface area contributed by atoms with Crippen LogP contribution in [0.15, 0.2) is 84.9 Å². The summed E-state index contributed by atoms with van der Waals surface area (Å²) in [7, 11) is 1.79. The number of carbonyl (C=O) groups excluding carboxylic acids is 1. The Labute approximate surface area is 162 Å². The standard InChI is InChI=1S/C22H19N5O/c1-27-21(24-25-26-27)18-12-14-19(15-13-18)23-22(28)20(16-8-4-2-5-9-16)17-10-6-3-7-11-17/h2-15,20H,1H3,(H,23,28). The average molecular weight is 369 g/mol. The van der Waals surface area contributed by atoms with E-state index in [9.17, 15) is 4.79 Å². The second-order valence-electron chi connectivity index (χ2n) is 6.45. The number of nitrogens with one attached hydrogen (secondary N) is 1. The molecule has 3 aromatic carbocycles. The van der Waals surface area contributed by atoms with E-state index in [0.29, 0.717) is 5.82 Å². The molecule has 1 amide bonds. The zero-order valence-electron chi connectivity index (χ0n) is 15.4. The molecule has 1 aromatic heterocycles. The van der Waals surface area contributed by atoms with Gasteiger partial charge in [0.25, 0.3) is 0 Å². The van der Waals surface area contributed by atoms with E-state index < -0.39 is 0 Å². The molecule has 0 atom stereocenters. The molecule has 0 unspecified atom stereocenters. The average Bonchev–Trinajstić information content (AvgIpc) is 3.16. The first-order valence-electron chi connectivity index (χ1n) is 8.96. The Bertz CT molecular complexity index is 1020. The largest absolute Gasteiger partial charge is 0.325 e. The number of aromatic nitrogens is 4. The van der Waals surface area contributed by atoms with E-state index >= 15 is 0 Å². The fourth-order valence-corrected chi connectivity index (χ4v) is 3.18. The van der Waals surface area contributed by atoms with E-state index in [0.717, 1.165) is 22.4 Å². The minimum absolute atomic E-state index is 0.0783. The van der Waals surface area contributed by atoms with Gasteiger partial charge in [-0.2, -0.15) is 0 Å². The molecule has 0 spiro atoms. The molecule has 4 aromatic rings. The summed E-state index contributed by atoms with van der Waals surface area (Å²) in [5.41, 5.74) is 3.51. The zero-order valence-corrected chi connectivity index (χ0v) is 15.4. The van der Waals surface area contributed by atoms with E-state index in [-0.39, 0.29) is 11.8 Å². The number of aryl methyl sites for hydroxylation is 1. The number of benzene rings is 3. The smallest absolute Gasteiger partial charge is 0.236 e. The Morgan fingerprint density at radius 2 is 1.43 bits per heavy atom. The Morgan fingerprint density at radius 1 is 0.857 bits per heavy atom. The van der Waals surface area contributed by atoms with Gasteiger partial charge in [-0.1, -0.05) is 60.7 Å². The van der Waals surface area contributed by atoms with E-state index in [1.54, 1.807) is 11.7 Å². The third-order valence-electron chi connectivity index (χ3n) is 4.56. The van der Waals surface area contributed by atoms with Crippen LogP contribution in [0.4, 0.5) is 5.69 Å². The molecule has 4 rings (SSSR count). The van der Waals surface area contributed by atoms with Crippen LogP contribution >= 0.6 is 0 Å². The molecule has 0 bridgehead atoms. The van der Waals surface area contributed by atoms with Gasteiger partial charge in [0.1, 0.15) is 0 Å². The maximum absolute atomic E-state index is 13.1. The monoisotopic (exact) mass is 369 g/mol. The molecule has 0 aliphatic carbocycles. The van der Waals surface area contributed by atoms with E-state index in [1.165, 1.54) is 0 Å². The Kier molecular flexibility index (Phi) is 4.93. The van der Waals surface area contributed by atoms with Crippen LogP contribution in [0.25, 0.3) is 11.4 Å². The lowest BCUT2D eigenvalue weighted by Gasteiger charge is -2.18. The lowest BCUT2D eigenvalue weighted by molar-refractivity contribution is -0.116. The number of hydrogen-bond donors (Lipinski definition) is 1. The van der Waals surface area contributed by atoms with Gasteiger partial charge in [0.15, 0.2) is 5.82 Å². The van der Waals surface area contributed by atoms with Crippen molar-refractivity contribution in [1.82, 2.24) is 20.2 Å². The Hall–Kier alpha value is -3.80. The lowest BCUT2D eigenvalue weighted by atomic mass is 9.90. The Morgan fingerprint density at radius 3 is 1.93 bits per heavy atom. The molecule has 28 heavy (non-hydrogen) atoms. The van der Waals surface area contributed by atoms with Crippen LogP contribution in [-0.2, 0) is 11.8 Å². The fourth-order valence-electron chi connectivity index (χ4n) is 3.18. The molecule has 6 nitrogen and oxygen atoms in total. The number of carbonyl (C=O) groups is 1. The third-order valence-corrected chi connectivity index (χ3v) is 4.56. The maximum atomic E-state index is 13.1. The summed E-state index contributed by atoms with van der Waals surface area (Å²) in [4.78, 5) is 13.1. The molecule has 1 heterocycles. The molecule has 0 saturated carbocycles. The molecule has 0 radical (unpaired) electrons. The van der Waals surface area contributed by atoms with Gasteiger partial charge in [0.05, 0.1) is 5.92 Å². The van der Waals surface area contributed by atoms with Gasteiger partial charge < -0.3 is 5.32 Å². The van der Waals surface area contributed by atoms with Gasteiger partial charge in [-0.25, -0.2) is 4.68 Å². The van der Waals surface area contributed by atoms with Crippen molar-refractivity contribution < 1.29 is 4.79 Å². The molecule has 138 valence electrons. The molecule has 0 aliphatic heterocycles. The second-order valence-corrected chi connectivity index (χ2v) is 6.45. The quantitative estimate of drug-likeness (QED) is 0.583.